The van der Waals surface area contributed by atoms with Gasteiger partial charge in [0.15, 0.2) is 6.10 Å². The summed E-state index contributed by atoms with van der Waals surface area (Å²) in [6, 6.07) is 16.4. The maximum Gasteiger partial charge on any atom is 0.268 e. The smallest absolute Gasteiger partial charge is 0.268 e. The van der Waals surface area contributed by atoms with Crippen molar-refractivity contribution in [2.75, 3.05) is 50.7 Å². The number of benzene rings is 2. The third kappa shape index (κ3) is 6.15. The third-order valence-corrected chi connectivity index (χ3v) is 6.58. The van der Waals surface area contributed by atoms with Gasteiger partial charge in [0.1, 0.15) is 12.3 Å². The highest BCUT2D eigenvalue weighted by Crippen LogP contribution is 2.35. The summed E-state index contributed by atoms with van der Waals surface area (Å²) in [5, 5.41) is 3.00. The predicted octanol–water partition coefficient (Wildman–Crippen LogP) is 2.82. The van der Waals surface area contributed by atoms with Gasteiger partial charge in [-0.1, -0.05) is 43.3 Å². The van der Waals surface area contributed by atoms with E-state index in [0.717, 1.165) is 51.3 Å². The van der Waals surface area contributed by atoms with Crippen LogP contribution in [-0.2, 0) is 16.1 Å². The van der Waals surface area contributed by atoms with Gasteiger partial charge in [0, 0.05) is 39.3 Å². The van der Waals surface area contributed by atoms with E-state index in [9.17, 15) is 9.59 Å². The SMILES string of the molecule is CCC1Oc2ccc(C)cc2N(CC(=O)NCCCN2CCN(Cc3ccccc3)CC2)C1=O. The lowest BCUT2D eigenvalue weighted by Gasteiger charge is -2.35. The number of ether oxygens (including phenoxy) is 1. The van der Waals surface area contributed by atoms with Gasteiger partial charge in [0.2, 0.25) is 5.91 Å². The first kappa shape index (κ1) is 24.2. The normalized spacial score (nSPS) is 18.9. The molecule has 2 aliphatic heterocycles. The first-order valence-corrected chi connectivity index (χ1v) is 12.4. The number of aryl methyl sites for hydroxylation is 1. The lowest BCUT2D eigenvalue weighted by atomic mass is 10.1. The Balaban J connectivity index is 1.19. The number of carbonyl (C=O) groups is 2. The number of rotatable bonds is 9. The Kier molecular flexibility index (Phi) is 8.19. The van der Waals surface area contributed by atoms with E-state index in [-0.39, 0.29) is 18.4 Å². The summed E-state index contributed by atoms with van der Waals surface area (Å²) in [4.78, 5) is 32.0. The van der Waals surface area contributed by atoms with E-state index in [0.29, 0.717) is 24.4 Å². The molecule has 1 fully saturated rings. The van der Waals surface area contributed by atoms with Crippen LogP contribution < -0.4 is 15.0 Å². The number of fused-ring (bicyclic) bond motifs is 1. The molecule has 0 bridgehead atoms. The Bertz CT molecular complexity index is 973. The standard InChI is InChI=1S/C27H36N4O3/c1-3-24-27(33)31(23-18-21(2)10-11-25(23)34-24)20-26(32)28-12-7-13-29-14-16-30(17-15-29)19-22-8-5-4-6-9-22/h4-6,8-11,18,24H,3,7,12-17,19-20H2,1-2H3,(H,28,32). The Labute approximate surface area is 202 Å². The highest BCUT2D eigenvalue weighted by molar-refractivity contribution is 6.03. The van der Waals surface area contributed by atoms with Crippen molar-refractivity contribution in [1.82, 2.24) is 15.1 Å². The van der Waals surface area contributed by atoms with Gasteiger partial charge < -0.3 is 15.0 Å². The molecule has 2 heterocycles. The van der Waals surface area contributed by atoms with Crippen LogP contribution in [0.25, 0.3) is 0 Å². The van der Waals surface area contributed by atoms with Gasteiger partial charge >= 0.3 is 0 Å². The molecule has 1 atom stereocenters. The molecule has 2 amide bonds. The van der Waals surface area contributed by atoms with Gasteiger partial charge in [-0.3, -0.25) is 19.4 Å². The van der Waals surface area contributed by atoms with Crippen LogP contribution in [0.5, 0.6) is 5.75 Å². The molecule has 0 spiro atoms. The average molecular weight is 465 g/mol. The van der Waals surface area contributed by atoms with Crippen molar-refractivity contribution in [3.05, 3.63) is 59.7 Å². The van der Waals surface area contributed by atoms with E-state index < -0.39 is 6.10 Å². The van der Waals surface area contributed by atoms with Crippen LogP contribution in [0.4, 0.5) is 5.69 Å². The van der Waals surface area contributed by atoms with Crippen molar-refractivity contribution in [1.29, 1.82) is 0 Å². The van der Waals surface area contributed by atoms with Crippen LogP contribution in [0, 0.1) is 6.92 Å². The fourth-order valence-corrected chi connectivity index (χ4v) is 4.60. The van der Waals surface area contributed by atoms with Crippen LogP contribution in [0.3, 0.4) is 0 Å². The number of anilines is 1. The molecule has 2 aromatic rings. The van der Waals surface area contributed by atoms with Crippen LogP contribution >= 0.6 is 0 Å². The number of nitrogens with zero attached hydrogens (tertiary/aromatic N) is 3. The third-order valence-electron chi connectivity index (χ3n) is 6.58. The van der Waals surface area contributed by atoms with Crippen LogP contribution in [-0.4, -0.2) is 73.5 Å². The van der Waals surface area contributed by atoms with E-state index >= 15 is 0 Å². The number of hydrogen-bond donors (Lipinski definition) is 1. The molecule has 0 aromatic heterocycles. The first-order valence-electron chi connectivity index (χ1n) is 12.4. The molecule has 1 saturated heterocycles. The van der Waals surface area contributed by atoms with Gasteiger partial charge in [-0.2, -0.15) is 0 Å². The summed E-state index contributed by atoms with van der Waals surface area (Å²) in [7, 11) is 0. The summed E-state index contributed by atoms with van der Waals surface area (Å²) < 4.78 is 5.83. The molecule has 0 saturated carbocycles. The molecular weight excluding hydrogens is 428 g/mol. The van der Waals surface area contributed by atoms with E-state index in [1.807, 2.05) is 32.0 Å². The molecule has 1 N–H and O–H groups in total. The lowest BCUT2D eigenvalue weighted by molar-refractivity contribution is -0.129. The molecule has 7 nitrogen and oxygen atoms in total. The molecule has 7 heteroatoms. The van der Waals surface area contributed by atoms with E-state index in [1.54, 1.807) is 4.90 Å². The summed E-state index contributed by atoms with van der Waals surface area (Å²) in [6.45, 7) is 10.7. The van der Waals surface area contributed by atoms with Gasteiger partial charge in [-0.05, 0) is 49.6 Å². The Morgan fingerprint density at radius 2 is 1.79 bits per heavy atom. The zero-order chi connectivity index (χ0) is 23.9. The van der Waals surface area contributed by atoms with Gasteiger partial charge in [-0.25, -0.2) is 0 Å². The monoisotopic (exact) mass is 464 g/mol. The Morgan fingerprint density at radius 3 is 2.53 bits per heavy atom. The number of piperazine rings is 1. The van der Waals surface area contributed by atoms with E-state index in [2.05, 4.69) is 45.4 Å². The highest BCUT2D eigenvalue weighted by Gasteiger charge is 2.34. The van der Waals surface area contributed by atoms with E-state index in [4.69, 9.17) is 4.74 Å². The van der Waals surface area contributed by atoms with Gasteiger partial charge in [0.25, 0.3) is 5.91 Å². The fraction of sp³-hybridized carbons (Fsp3) is 0.481. The minimum absolute atomic E-state index is 0.0211. The second-order valence-corrected chi connectivity index (χ2v) is 9.22. The summed E-state index contributed by atoms with van der Waals surface area (Å²) >= 11 is 0. The molecule has 2 aromatic carbocycles. The Morgan fingerprint density at radius 1 is 1.06 bits per heavy atom. The van der Waals surface area contributed by atoms with Gasteiger partial charge in [0.05, 0.1) is 5.69 Å². The molecule has 0 aliphatic carbocycles. The largest absolute Gasteiger partial charge is 0.478 e. The minimum Gasteiger partial charge on any atom is -0.478 e. The maximum atomic E-state index is 12.9. The second kappa shape index (κ2) is 11.5. The van der Waals surface area contributed by atoms with Crippen molar-refractivity contribution in [3.8, 4) is 5.75 Å². The number of hydrogen-bond acceptors (Lipinski definition) is 5. The molecule has 2 aliphatic rings. The number of carbonyl (C=O) groups excluding carboxylic acids is 2. The Hall–Kier alpha value is -2.90. The molecule has 0 radical (unpaired) electrons. The topological polar surface area (TPSA) is 65.1 Å². The van der Waals surface area contributed by atoms with E-state index in [1.165, 1.54) is 5.56 Å². The van der Waals surface area contributed by atoms with Crippen molar-refractivity contribution in [2.24, 2.45) is 0 Å². The minimum atomic E-state index is -0.538. The van der Waals surface area contributed by atoms with Crippen LogP contribution in [0.1, 0.15) is 30.9 Å². The molecule has 1 unspecified atom stereocenters. The molecular formula is C27H36N4O3. The second-order valence-electron chi connectivity index (χ2n) is 9.22. The quantitative estimate of drug-likeness (QED) is 0.578. The zero-order valence-electron chi connectivity index (χ0n) is 20.3. The highest BCUT2D eigenvalue weighted by atomic mass is 16.5. The number of nitrogens with one attached hydrogen (secondary N) is 1. The maximum absolute atomic E-state index is 12.9. The van der Waals surface area contributed by atoms with Crippen molar-refractivity contribution in [2.45, 2.75) is 39.3 Å². The summed E-state index contributed by atoms with van der Waals surface area (Å²) in [6.07, 6.45) is 0.932. The summed E-state index contributed by atoms with van der Waals surface area (Å²) in [5.41, 5.74) is 3.07. The fourth-order valence-electron chi connectivity index (χ4n) is 4.60. The van der Waals surface area contributed by atoms with Crippen molar-refractivity contribution >= 4 is 17.5 Å². The van der Waals surface area contributed by atoms with Crippen LogP contribution in [0.2, 0.25) is 0 Å². The number of amides is 2. The lowest BCUT2D eigenvalue weighted by Crippen LogP contribution is -2.50. The average Bonchev–Trinajstić information content (AvgIpc) is 2.85. The molecule has 34 heavy (non-hydrogen) atoms. The van der Waals surface area contributed by atoms with Crippen molar-refractivity contribution in [3.63, 3.8) is 0 Å². The van der Waals surface area contributed by atoms with Crippen LogP contribution in [0.15, 0.2) is 48.5 Å². The zero-order valence-corrected chi connectivity index (χ0v) is 20.3. The first-order chi connectivity index (χ1) is 16.5. The van der Waals surface area contributed by atoms with Crippen molar-refractivity contribution < 1.29 is 14.3 Å². The summed E-state index contributed by atoms with van der Waals surface area (Å²) in [5.74, 6) is 0.380. The molecule has 4 rings (SSSR count). The molecule has 182 valence electrons. The predicted molar refractivity (Wildman–Crippen MR) is 134 cm³/mol. The van der Waals surface area contributed by atoms with Gasteiger partial charge in [-0.15, -0.1) is 0 Å².